The molecule has 3 aromatic heterocycles. The molecule has 1 aromatic carbocycles. The van der Waals surface area contributed by atoms with Gasteiger partial charge in [-0.25, -0.2) is 9.37 Å². The molecule has 4 rings (SSSR count). The zero-order chi connectivity index (χ0) is 15.8. The van der Waals surface area contributed by atoms with Crippen molar-refractivity contribution in [2.75, 3.05) is 7.11 Å². The number of ether oxygens (including phenoxy) is 1. The first kappa shape index (κ1) is 13.8. The van der Waals surface area contributed by atoms with Crippen LogP contribution in [-0.4, -0.2) is 26.7 Å². The number of halogens is 1. The Labute approximate surface area is 135 Å². The minimum Gasteiger partial charge on any atom is -0.496 e. The summed E-state index contributed by atoms with van der Waals surface area (Å²) in [5, 5.41) is 6.50. The Hall–Kier alpha value is -2.80. The average Bonchev–Trinajstić information content (AvgIpc) is 3.23. The molecular weight excluding hydrogens is 315 g/mol. The summed E-state index contributed by atoms with van der Waals surface area (Å²) >= 11 is 1.56. The van der Waals surface area contributed by atoms with Gasteiger partial charge in [0, 0.05) is 17.8 Å². The maximum Gasteiger partial charge on any atom is 0.253 e. The number of thiophene rings is 1. The second kappa shape index (κ2) is 5.44. The Balaban J connectivity index is 1.94. The molecule has 0 aliphatic heterocycles. The summed E-state index contributed by atoms with van der Waals surface area (Å²) in [5.41, 5.74) is 1.46. The molecule has 0 amide bonds. The highest BCUT2D eigenvalue weighted by Gasteiger charge is 2.15. The van der Waals surface area contributed by atoms with E-state index in [-0.39, 0.29) is 5.82 Å². The zero-order valence-electron chi connectivity index (χ0n) is 12.1. The maximum atomic E-state index is 13.4. The van der Waals surface area contributed by atoms with Crippen molar-refractivity contribution in [2.24, 2.45) is 0 Å². The SMILES string of the molecule is COc1cc(F)ccc1-c1ccnc2nc(-c3cccs3)nn12. The van der Waals surface area contributed by atoms with Gasteiger partial charge in [0.2, 0.25) is 0 Å². The van der Waals surface area contributed by atoms with Crippen LogP contribution in [0.25, 0.3) is 27.7 Å². The van der Waals surface area contributed by atoms with Gasteiger partial charge in [-0.2, -0.15) is 9.50 Å². The highest BCUT2D eigenvalue weighted by Crippen LogP contribution is 2.31. The Morgan fingerprint density at radius 3 is 2.91 bits per heavy atom. The second-order valence-electron chi connectivity index (χ2n) is 4.80. The van der Waals surface area contributed by atoms with Crippen LogP contribution >= 0.6 is 11.3 Å². The number of rotatable bonds is 3. The average molecular weight is 326 g/mol. The molecule has 0 fully saturated rings. The Kier molecular flexibility index (Phi) is 3.27. The fourth-order valence-electron chi connectivity index (χ4n) is 2.38. The molecule has 5 nitrogen and oxygen atoms in total. The lowest BCUT2D eigenvalue weighted by atomic mass is 10.1. The molecule has 0 N–H and O–H groups in total. The van der Waals surface area contributed by atoms with E-state index >= 15 is 0 Å². The lowest BCUT2D eigenvalue weighted by Crippen LogP contribution is -1.98. The summed E-state index contributed by atoms with van der Waals surface area (Å²) in [6, 6.07) is 10.1. The van der Waals surface area contributed by atoms with Crippen LogP contribution in [-0.2, 0) is 0 Å². The molecule has 0 saturated heterocycles. The lowest BCUT2D eigenvalue weighted by molar-refractivity contribution is 0.412. The van der Waals surface area contributed by atoms with Crippen molar-refractivity contribution in [1.82, 2.24) is 19.6 Å². The summed E-state index contributed by atoms with van der Waals surface area (Å²) in [4.78, 5) is 9.67. The van der Waals surface area contributed by atoms with Gasteiger partial charge in [-0.3, -0.25) is 0 Å². The van der Waals surface area contributed by atoms with Crippen LogP contribution in [0.4, 0.5) is 4.39 Å². The molecule has 0 aliphatic carbocycles. The van der Waals surface area contributed by atoms with E-state index in [4.69, 9.17) is 4.74 Å². The summed E-state index contributed by atoms with van der Waals surface area (Å²) in [6.07, 6.45) is 1.65. The summed E-state index contributed by atoms with van der Waals surface area (Å²) in [7, 11) is 1.51. The van der Waals surface area contributed by atoms with E-state index in [1.54, 1.807) is 34.2 Å². The zero-order valence-corrected chi connectivity index (χ0v) is 12.9. The number of hydrogen-bond donors (Lipinski definition) is 0. The van der Waals surface area contributed by atoms with Crippen LogP contribution in [0.15, 0.2) is 48.0 Å². The Bertz CT molecular complexity index is 981. The van der Waals surface area contributed by atoms with Crippen molar-refractivity contribution in [3.05, 3.63) is 53.8 Å². The van der Waals surface area contributed by atoms with Crippen molar-refractivity contribution < 1.29 is 9.13 Å². The van der Waals surface area contributed by atoms with Crippen LogP contribution in [0.3, 0.4) is 0 Å². The Morgan fingerprint density at radius 1 is 1.22 bits per heavy atom. The van der Waals surface area contributed by atoms with Gasteiger partial charge >= 0.3 is 0 Å². The number of aromatic nitrogens is 4. The molecule has 7 heteroatoms. The lowest BCUT2D eigenvalue weighted by Gasteiger charge is -2.09. The quantitative estimate of drug-likeness (QED) is 0.576. The number of benzene rings is 1. The van der Waals surface area contributed by atoms with Gasteiger partial charge in [-0.15, -0.1) is 16.4 Å². The topological polar surface area (TPSA) is 52.3 Å². The summed E-state index contributed by atoms with van der Waals surface area (Å²) < 4.78 is 20.4. The first-order valence-corrected chi connectivity index (χ1v) is 7.74. The monoisotopic (exact) mass is 326 g/mol. The molecule has 0 saturated carbocycles. The van der Waals surface area contributed by atoms with Crippen molar-refractivity contribution in [3.63, 3.8) is 0 Å². The van der Waals surface area contributed by atoms with Gasteiger partial charge < -0.3 is 4.74 Å². The second-order valence-corrected chi connectivity index (χ2v) is 5.75. The molecular formula is C16H11FN4OS. The van der Waals surface area contributed by atoms with Gasteiger partial charge in [-0.1, -0.05) is 6.07 Å². The van der Waals surface area contributed by atoms with Crippen LogP contribution in [0, 0.1) is 5.82 Å². The minimum absolute atomic E-state index is 0.353. The van der Waals surface area contributed by atoms with E-state index in [0.717, 1.165) is 16.1 Å². The normalized spacial score (nSPS) is 11.0. The third-order valence-corrected chi connectivity index (χ3v) is 4.29. The molecule has 23 heavy (non-hydrogen) atoms. The largest absolute Gasteiger partial charge is 0.496 e. The predicted molar refractivity (Wildman–Crippen MR) is 86.0 cm³/mol. The highest BCUT2D eigenvalue weighted by molar-refractivity contribution is 7.13. The van der Waals surface area contributed by atoms with Gasteiger partial charge in [0.15, 0.2) is 5.82 Å². The van der Waals surface area contributed by atoms with Crippen LogP contribution < -0.4 is 4.74 Å². The van der Waals surface area contributed by atoms with E-state index < -0.39 is 0 Å². The summed E-state index contributed by atoms with van der Waals surface area (Å²) in [5.74, 6) is 1.18. The molecule has 3 heterocycles. The van der Waals surface area contributed by atoms with E-state index in [0.29, 0.717) is 17.4 Å². The predicted octanol–water partition coefficient (Wildman–Crippen LogP) is 3.67. The molecule has 114 valence electrons. The summed E-state index contributed by atoms with van der Waals surface area (Å²) in [6.45, 7) is 0. The third kappa shape index (κ3) is 2.35. The number of nitrogens with zero attached hydrogens (tertiary/aromatic N) is 4. The van der Waals surface area contributed by atoms with E-state index in [1.807, 2.05) is 17.5 Å². The first-order chi connectivity index (χ1) is 11.3. The van der Waals surface area contributed by atoms with Crippen molar-refractivity contribution in [3.8, 4) is 27.7 Å². The van der Waals surface area contributed by atoms with Gasteiger partial charge in [0.05, 0.1) is 17.7 Å². The number of hydrogen-bond acceptors (Lipinski definition) is 5. The Morgan fingerprint density at radius 2 is 2.13 bits per heavy atom. The van der Waals surface area contributed by atoms with Crippen LogP contribution in [0.2, 0.25) is 0 Å². The molecule has 0 atom stereocenters. The first-order valence-electron chi connectivity index (χ1n) is 6.86. The molecule has 0 unspecified atom stereocenters. The fraction of sp³-hybridized carbons (Fsp3) is 0.0625. The third-order valence-electron chi connectivity index (χ3n) is 3.42. The number of fused-ring (bicyclic) bond motifs is 1. The molecule has 0 aliphatic rings. The van der Waals surface area contributed by atoms with Crippen LogP contribution in [0.1, 0.15) is 0 Å². The molecule has 4 aromatic rings. The minimum atomic E-state index is -0.353. The van der Waals surface area contributed by atoms with E-state index in [1.165, 1.54) is 19.2 Å². The van der Waals surface area contributed by atoms with Crippen LogP contribution in [0.5, 0.6) is 5.75 Å². The number of methoxy groups -OCH3 is 1. The highest BCUT2D eigenvalue weighted by atomic mass is 32.1. The molecule has 0 bridgehead atoms. The maximum absolute atomic E-state index is 13.4. The van der Waals surface area contributed by atoms with Gasteiger partial charge in [0.25, 0.3) is 5.78 Å². The molecule has 0 spiro atoms. The van der Waals surface area contributed by atoms with Crippen molar-refractivity contribution in [1.29, 1.82) is 0 Å². The van der Waals surface area contributed by atoms with Crippen molar-refractivity contribution in [2.45, 2.75) is 0 Å². The standard InChI is InChI=1S/C16H11FN4OS/c1-22-13-9-10(17)4-5-11(13)12-6-7-18-16-19-15(20-21(12)16)14-3-2-8-23-14/h2-9H,1H3. The van der Waals surface area contributed by atoms with E-state index in [9.17, 15) is 4.39 Å². The fourth-order valence-corrected chi connectivity index (χ4v) is 3.04. The van der Waals surface area contributed by atoms with Gasteiger partial charge in [-0.05, 0) is 29.6 Å². The smallest absolute Gasteiger partial charge is 0.253 e. The molecule has 0 radical (unpaired) electrons. The van der Waals surface area contributed by atoms with Crippen molar-refractivity contribution >= 4 is 17.1 Å². The van der Waals surface area contributed by atoms with E-state index in [2.05, 4.69) is 15.1 Å². The van der Waals surface area contributed by atoms with Gasteiger partial charge in [0.1, 0.15) is 11.6 Å².